The Morgan fingerprint density at radius 1 is 1.21 bits per heavy atom. The molecular weight excluding hydrogens is 423 g/mol. The lowest BCUT2D eigenvalue weighted by molar-refractivity contribution is 0.175. The van der Waals surface area contributed by atoms with Crippen LogP contribution in [0.25, 0.3) is 5.69 Å². The normalized spacial score (nSPS) is 16.1. The van der Waals surface area contributed by atoms with E-state index in [2.05, 4.69) is 10.1 Å². The summed E-state index contributed by atoms with van der Waals surface area (Å²) in [5, 5.41) is 23.5. The van der Waals surface area contributed by atoms with Gasteiger partial charge in [-0.3, -0.25) is 0 Å². The molecule has 8 heteroatoms. The number of aliphatic hydroxyl groups excluding tert-OH is 1. The van der Waals surface area contributed by atoms with Crippen molar-refractivity contribution >= 4 is 5.84 Å². The first-order valence-electron chi connectivity index (χ1n) is 10.8. The number of methoxy groups -OCH3 is 1. The van der Waals surface area contributed by atoms with Gasteiger partial charge in [0.15, 0.2) is 5.84 Å². The Kier molecular flexibility index (Phi) is 6.74. The lowest BCUT2D eigenvalue weighted by Gasteiger charge is -2.36. The number of oxime groups is 1. The molecule has 2 aromatic carbocycles. The summed E-state index contributed by atoms with van der Waals surface area (Å²) in [6, 6.07) is 11.5. The van der Waals surface area contributed by atoms with Gasteiger partial charge in [0.25, 0.3) is 0 Å². The van der Waals surface area contributed by atoms with Gasteiger partial charge in [0.2, 0.25) is 0 Å². The van der Waals surface area contributed by atoms with Crippen molar-refractivity contribution in [2.75, 3.05) is 20.3 Å². The van der Waals surface area contributed by atoms with E-state index < -0.39 is 6.04 Å². The molecule has 0 saturated heterocycles. The van der Waals surface area contributed by atoms with Crippen LogP contribution in [0.3, 0.4) is 0 Å². The minimum Gasteiger partial charge on any atom is -0.495 e. The third-order valence-electron chi connectivity index (χ3n) is 5.85. The summed E-state index contributed by atoms with van der Waals surface area (Å²) < 4.78 is 20.9. The van der Waals surface area contributed by atoms with Crippen LogP contribution in [0.4, 0.5) is 4.39 Å². The van der Waals surface area contributed by atoms with Gasteiger partial charge >= 0.3 is 0 Å². The highest BCUT2D eigenvalue weighted by Gasteiger charge is 2.28. The SMILES string of the molecule is COc1cc(CC2=CCCN(C(CO)c3ccc(F)cc3)C2=NO)ccc1-n1cnc(C)c1. The van der Waals surface area contributed by atoms with Crippen molar-refractivity contribution in [3.05, 3.63) is 89.3 Å². The van der Waals surface area contributed by atoms with Gasteiger partial charge < -0.3 is 24.5 Å². The predicted molar refractivity (Wildman–Crippen MR) is 123 cm³/mol. The van der Waals surface area contributed by atoms with Gasteiger partial charge in [-0.05, 0) is 54.3 Å². The van der Waals surface area contributed by atoms with Crippen molar-refractivity contribution < 1.29 is 19.4 Å². The Hall–Kier alpha value is -3.65. The van der Waals surface area contributed by atoms with E-state index in [-0.39, 0.29) is 12.4 Å². The molecule has 2 N–H and O–H groups in total. The van der Waals surface area contributed by atoms with Gasteiger partial charge in [0.05, 0.1) is 37.5 Å². The molecule has 1 aliphatic heterocycles. The molecule has 1 aliphatic rings. The van der Waals surface area contributed by atoms with Crippen LogP contribution in [0.2, 0.25) is 0 Å². The number of benzene rings is 2. The highest BCUT2D eigenvalue weighted by molar-refractivity contribution is 5.99. The van der Waals surface area contributed by atoms with Crippen LogP contribution in [-0.4, -0.2) is 50.9 Å². The van der Waals surface area contributed by atoms with E-state index in [0.29, 0.717) is 24.6 Å². The molecule has 0 amide bonds. The predicted octanol–water partition coefficient (Wildman–Crippen LogP) is 4.02. The van der Waals surface area contributed by atoms with E-state index in [1.807, 2.05) is 46.9 Å². The Bertz CT molecular complexity index is 1170. The zero-order valence-electron chi connectivity index (χ0n) is 18.6. The van der Waals surface area contributed by atoms with Crippen molar-refractivity contribution in [2.45, 2.75) is 25.8 Å². The van der Waals surface area contributed by atoms with Crippen LogP contribution in [0.1, 0.15) is 29.3 Å². The molecule has 0 aliphatic carbocycles. The number of aliphatic hydroxyl groups is 1. The zero-order chi connectivity index (χ0) is 23.4. The third kappa shape index (κ3) is 4.75. The molecule has 0 fully saturated rings. The quantitative estimate of drug-likeness (QED) is 0.420. The molecule has 1 unspecified atom stereocenters. The molecule has 1 atom stereocenters. The van der Waals surface area contributed by atoms with Crippen molar-refractivity contribution in [2.24, 2.45) is 5.16 Å². The maximum absolute atomic E-state index is 13.4. The van der Waals surface area contributed by atoms with Crippen LogP contribution in [-0.2, 0) is 6.42 Å². The first-order valence-corrected chi connectivity index (χ1v) is 10.8. The molecule has 4 rings (SSSR count). The lowest BCUT2D eigenvalue weighted by Crippen LogP contribution is -2.41. The summed E-state index contributed by atoms with van der Waals surface area (Å²) in [5.74, 6) is 0.770. The van der Waals surface area contributed by atoms with Crippen molar-refractivity contribution in [1.29, 1.82) is 0 Å². The number of aromatic nitrogens is 2. The Morgan fingerprint density at radius 3 is 2.64 bits per heavy atom. The number of imidazole rings is 1. The molecule has 0 saturated carbocycles. The summed E-state index contributed by atoms with van der Waals surface area (Å²) >= 11 is 0. The molecule has 1 aromatic heterocycles. The van der Waals surface area contributed by atoms with Gasteiger partial charge in [-0.25, -0.2) is 9.37 Å². The summed E-state index contributed by atoms with van der Waals surface area (Å²) in [5.41, 5.74) is 4.38. The van der Waals surface area contributed by atoms with Crippen LogP contribution < -0.4 is 4.74 Å². The topological polar surface area (TPSA) is 83.1 Å². The molecule has 0 bridgehead atoms. The minimum absolute atomic E-state index is 0.190. The number of hydrogen-bond donors (Lipinski definition) is 2. The standard InChI is InChI=1S/C25H27FN4O3/c1-17-14-29(16-27-17)22-10-5-18(13-24(22)33-2)12-20-4-3-11-30(25(20)28-32)23(15-31)19-6-8-21(26)9-7-19/h4-10,13-14,16,23,31-32H,3,11-12,15H2,1-2H3. The van der Waals surface area contributed by atoms with Crippen LogP contribution >= 0.6 is 0 Å². The fourth-order valence-electron chi connectivity index (χ4n) is 4.22. The molecule has 0 radical (unpaired) electrons. The summed E-state index contributed by atoms with van der Waals surface area (Å²) in [6.07, 6.45) is 6.98. The van der Waals surface area contributed by atoms with Gasteiger partial charge in [-0.15, -0.1) is 0 Å². The number of ether oxygens (including phenoxy) is 1. The fraction of sp³-hybridized carbons (Fsp3) is 0.280. The maximum atomic E-state index is 13.4. The second kappa shape index (κ2) is 9.87. The summed E-state index contributed by atoms with van der Waals surface area (Å²) in [6.45, 7) is 2.32. The fourth-order valence-corrected chi connectivity index (χ4v) is 4.22. The molecular formula is C25H27FN4O3. The molecule has 33 heavy (non-hydrogen) atoms. The number of hydrogen-bond acceptors (Lipinski definition) is 5. The smallest absolute Gasteiger partial charge is 0.171 e. The molecule has 0 spiro atoms. The maximum Gasteiger partial charge on any atom is 0.171 e. The van der Waals surface area contributed by atoms with Crippen molar-refractivity contribution in [3.63, 3.8) is 0 Å². The average Bonchev–Trinajstić information content (AvgIpc) is 3.27. The van der Waals surface area contributed by atoms with Crippen LogP contribution in [0.5, 0.6) is 5.75 Å². The first kappa shape index (κ1) is 22.5. The van der Waals surface area contributed by atoms with Crippen molar-refractivity contribution in [3.8, 4) is 11.4 Å². The van der Waals surface area contributed by atoms with Crippen LogP contribution in [0, 0.1) is 12.7 Å². The minimum atomic E-state index is -0.443. The van der Waals surface area contributed by atoms with E-state index in [0.717, 1.165) is 34.5 Å². The number of amidine groups is 1. The second-order valence-corrected chi connectivity index (χ2v) is 7.99. The monoisotopic (exact) mass is 450 g/mol. The van der Waals surface area contributed by atoms with E-state index in [4.69, 9.17) is 4.74 Å². The van der Waals surface area contributed by atoms with Crippen LogP contribution in [0.15, 0.2) is 71.8 Å². The Morgan fingerprint density at radius 2 is 2.00 bits per heavy atom. The summed E-state index contributed by atoms with van der Waals surface area (Å²) in [4.78, 5) is 6.14. The van der Waals surface area contributed by atoms with E-state index >= 15 is 0 Å². The number of aryl methyl sites for hydroxylation is 1. The number of halogens is 1. The zero-order valence-corrected chi connectivity index (χ0v) is 18.6. The Balaban J connectivity index is 1.59. The molecule has 2 heterocycles. The lowest BCUT2D eigenvalue weighted by atomic mass is 9.96. The van der Waals surface area contributed by atoms with Gasteiger partial charge in [0, 0.05) is 19.2 Å². The molecule has 3 aromatic rings. The molecule has 7 nitrogen and oxygen atoms in total. The van der Waals surface area contributed by atoms with E-state index in [9.17, 15) is 14.7 Å². The number of rotatable bonds is 7. The first-order chi connectivity index (χ1) is 16.0. The second-order valence-electron chi connectivity index (χ2n) is 7.99. The highest BCUT2D eigenvalue weighted by atomic mass is 19.1. The van der Waals surface area contributed by atoms with Crippen molar-refractivity contribution in [1.82, 2.24) is 14.5 Å². The highest BCUT2D eigenvalue weighted by Crippen LogP contribution is 2.30. The van der Waals surface area contributed by atoms with E-state index in [1.165, 1.54) is 12.1 Å². The molecule has 172 valence electrons. The Labute approximate surface area is 192 Å². The number of nitrogens with zero attached hydrogens (tertiary/aromatic N) is 4. The largest absolute Gasteiger partial charge is 0.495 e. The van der Waals surface area contributed by atoms with Gasteiger partial charge in [-0.1, -0.05) is 29.4 Å². The van der Waals surface area contributed by atoms with Gasteiger partial charge in [-0.2, -0.15) is 0 Å². The third-order valence-corrected chi connectivity index (χ3v) is 5.85. The van der Waals surface area contributed by atoms with E-state index in [1.54, 1.807) is 25.6 Å². The summed E-state index contributed by atoms with van der Waals surface area (Å²) in [7, 11) is 1.63. The van der Waals surface area contributed by atoms with Gasteiger partial charge in [0.1, 0.15) is 11.6 Å². The average molecular weight is 451 g/mol.